The second-order valence-electron chi connectivity index (χ2n) is 3.41. The van der Waals surface area contributed by atoms with E-state index in [-0.39, 0.29) is 0 Å². The van der Waals surface area contributed by atoms with Gasteiger partial charge >= 0.3 is 0 Å². The lowest BCUT2D eigenvalue weighted by Gasteiger charge is -1.97. The summed E-state index contributed by atoms with van der Waals surface area (Å²) < 4.78 is 0. The smallest absolute Gasteiger partial charge is 0.0992 e. The summed E-state index contributed by atoms with van der Waals surface area (Å²) >= 11 is 0. The summed E-state index contributed by atoms with van der Waals surface area (Å²) in [5.41, 5.74) is 8.38. The zero-order chi connectivity index (χ0) is 12.1. The van der Waals surface area contributed by atoms with Gasteiger partial charge in [-0.1, -0.05) is 11.8 Å². The highest BCUT2D eigenvalue weighted by molar-refractivity contribution is 5.59. The summed E-state index contributed by atoms with van der Waals surface area (Å²) in [7, 11) is 0. The molecule has 0 unspecified atom stereocenters. The molecule has 0 amide bonds. The molecule has 0 aliphatic heterocycles. The fraction of sp³-hybridized carbons (Fsp3) is 0. The molecule has 0 saturated heterocycles. The van der Waals surface area contributed by atoms with Crippen molar-refractivity contribution in [2.75, 3.05) is 5.73 Å². The predicted octanol–water partition coefficient (Wildman–Crippen LogP) is 1.94. The number of nitrogens with two attached hydrogens (primary N) is 1. The Hall–Kier alpha value is -2.78. The molecule has 0 radical (unpaired) electrons. The Labute approximate surface area is 99.5 Å². The average Bonchev–Trinajstić information content (AvgIpc) is 2.39. The number of hydrogen-bond acceptors (Lipinski definition) is 3. The van der Waals surface area contributed by atoms with Gasteiger partial charge in [-0.2, -0.15) is 5.26 Å². The second-order valence-corrected chi connectivity index (χ2v) is 3.41. The first-order valence-electron chi connectivity index (χ1n) is 5.01. The minimum atomic E-state index is 0.551. The number of hydrogen-bond donors (Lipinski definition) is 1. The van der Waals surface area contributed by atoms with E-state index in [1.807, 2.05) is 12.1 Å². The molecule has 0 atom stereocenters. The SMILES string of the molecule is N#Cc1ccc(N)c(C#Cc2cccnc2)c1. The van der Waals surface area contributed by atoms with Gasteiger partial charge in [0.1, 0.15) is 0 Å². The lowest BCUT2D eigenvalue weighted by molar-refractivity contribution is 1.31. The highest BCUT2D eigenvalue weighted by Crippen LogP contribution is 2.12. The maximum atomic E-state index is 8.79. The molecule has 2 N–H and O–H groups in total. The van der Waals surface area contributed by atoms with Crippen molar-refractivity contribution in [3.63, 3.8) is 0 Å². The predicted molar refractivity (Wildman–Crippen MR) is 65.8 cm³/mol. The molecule has 1 aromatic heterocycles. The molecular weight excluding hydrogens is 210 g/mol. The van der Waals surface area contributed by atoms with E-state index in [1.165, 1.54) is 0 Å². The monoisotopic (exact) mass is 219 g/mol. The first-order valence-corrected chi connectivity index (χ1v) is 5.01. The van der Waals surface area contributed by atoms with E-state index in [9.17, 15) is 0 Å². The van der Waals surface area contributed by atoms with E-state index in [0.29, 0.717) is 16.8 Å². The van der Waals surface area contributed by atoms with Crippen LogP contribution in [-0.4, -0.2) is 4.98 Å². The van der Waals surface area contributed by atoms with Crippen LogP contribution >= 0.6 is 0 Å². The fourth-order valence-electron chi connectivity index (χ4n) is 1.31. The Morgan fingerprint density at radius 1 is 1.12 bits per heavy atom. The van der Waals surface area contributed by atoms with Crippen molar-refractivity contribution < 1.29 is 0 Å². The molecule has 1 heterocycles. The third kappa shape index (κ3) is 2.62. The van der Waals surface area contributed by atoms with Crippen LogP contribution in [0, 0.1) is 23.2 Å². The second kappa shape index (κ2) is 4.83. The molecule has 80 valence electrons. The van der Waals surface area contributed by atoms with Crippen LogP contribution in [0.3, 0.4) is 0 Å². The quantitative estimate of drug-likeness (QED) is 0.544. The minimum absolute atomic E-state index is 0.551. The summed E-state index contributed by atoms with van der Waals surface area (Å²) in [5, 5.41) is 8.79. The lowest BCUT2D eigenvalue weighted by atomic mass is 10.1. The van der Waals surface area contributed by atoms with E-state index in [2.05, 4.69) is 22.9 Å². The van der Waals surface area contributed by atoms with Gasteiger partial charge in [-0.3, -0.25) is 4.98 Å². The van der Waals surface area contributed by atoms with E-state index in [0.717, 1.165) is 5.56 Å². The van der Waals surface area contributed by atoms with Gasteiger partial charge in [0, 0.05) is 29.2 Å². The number of aromatic nitrogens is 1. The molecule has 0 aliphatic rings. The number of nitrogen functional groups attached to an aromatic ring is 1. The maximum absolute atomic E-state index is 8.79. The molecule has 1 aromatic carbocycles. The Morgan fingerprint density at radius 2 is 2.00 bits per heavy atom. The molecule has 3 heteroatoms. The Bertz CT molecular complexity index is 628. The van der Waals surface area contributed by atoms with E-state index >= 15 is 0 Å². The molecule has 0 fully saturated rings. The van der Waals surface area contributed by atoms with Gasteiger partial charge in [-0.15, -0.1) is 0 Å². The number of nitrogens with zero attached hydrogens (tertiary/aromatic N) is 2. The zero-order valence-electron chi connectivity index (χ0n) is 9.01. The Balaban J connectivity index is 2.37. The van der Waals surface area contributed by atoms with Crippen LogP contribution in [0.25, 0.3) is 0 Å². The zero-order valence-corrected chi connectivity index (χ0v) is 9.01. The van der Waals surface area contributed by atoms with Gasteiger partial charge in [-0.05, 0) is 30.3 Å². The van der Waals surface area contributed by atoms with Gasteiger partial charge in [0.25, 0.3) is 0 Å². The summed E-state index contributed by atoms with van der Waals surface area (Å²) in [6.45, 7) is 0. The standard InChI is InChI=1S/C14H9N3/c15-9-12-4-6-14(16)13(8-12)5-3-11-2-1-7-17-10-11/h1-2,4,6-8,10H,16H2. The molecule has 0 aliphatic carbocycles. The van der Waals surface area contributed by atoms with Crippen LogP contribution in [0.1, 0.15) is 16.7 Å². The van der Waals surface area contributed by atoms with Crippen LogP contribution in [0.15, 0.2) is 42.7 Å². The van der Waals surface area contributed by atoms with Crippen molar-refractivity contribution in [1.82, 2.24) is 4.98 Å². The topological polar surface area (TPSA) is 62.7 Å². The third-order valence-electron chi connectivity index (χ3n) is 2.19. The molecule has 0 spiro atoms. The van der Waals surface area contributed by atoms with Crippen LogP contribution in [0.2, 0.25) is 0 Å². The van der Waals surface area contributed by atoms with Crippen molar-refractivity contribution in [2.24, 2.45) is 0 Å². The largest absolute Gasteiger partial charge is 0.398 e. The van der Waals surface area contributed by atoms with Gasteiger partial charge < -0.3 is 5.73 Å². The van der Waals surface area contributed by atoms with Crippen molar-refractivity contribution in [2.45, 2.75) is 0 Å². The summed E-state index contributed by atoms with van der Waals surface area (Å²) in [6, 6.07) is 10.8. The van der Waals surface area contributed by atoms with Crippen molar-refractivity contribution in [3.8, 4) is 17.9 Å². The molecule has 2 aromatic rings. The molecule has 0 bridgehead atoms. The summed E-state index contributed by atoms with van der Waals surface area (Å²) in [4.78, 5) is 3.97. The molecule has 2 rings (SSSR count). The number of anilines is 1. The van der Waals surface area contributed by atoms with E-state index < -0.39 is 0 Å². The Kier molecular flexibility index (Phi) is 3.05. The van der Waals surface area contributed by atoms with Crippen molar-refractivity contribution in [1.29, 1.82) is 5.26 Å². The number of rotatable bonds is 0. The highest BCUT2D eigenvalue weighted by atomic mass is 14.6. The van der Waals surface area contributed by atoms with Crippen LogP contribution in [-0.2, 0) is 0 Å². The van der Waals surface area contributed by atoms with Crippen molar-refractivity contribution >= 4 is 5.69 Å². The highest BCUT2D eigenvalue weighted by Gasteiger charge is 1.97. The van der Waals surface area contributed by atoms with Crippen LogP contribution in [0.4, 0.5) is 5.69 Å². The average molecular weight is 219 g/mol. The van der Waals surface area contributed by atoms with E-state index in [4.69, 9.17) is 11.0 Å². The normalized spacial score (nSPS) is 8.88. The van der Waals surface area contributed by atoms with Gasteiger partial charge in [-0.25, -0.2) is 0 Å². The first kappa shape index (κ1) is 10.7. The van der Waals surface area contributed by atoms with Gasteiger partial charge in [0.05, 0.1) is 11.6 Å². The van der Waals surface area contributed by atoms with E-state index in [1.54, 1.807) is 30.6 Å². The Morgan fingerprint density at radius 3 is 2.71 bits per heavy atom. The van der Waals surface area contributed by atoms with Crippen LogP contribution in [0.5, 0.6) is 0 Å². The minimum Gasteiger partial charge on any atom is -0.398 e. The molecule has 3 nitrogen and oxygen atoms in total. The van der Waals surface area contributed by atoms with Crippen LogP contribution < -0.4 is 5.73 Å². The summed E-state index contributed by atoms with van der Waals surface area (Å²) in [6.07, 6.45) is 3.37. The first-order chi connectivity index (χ1) is 8.29. The number of nitriles is 1. The molecule has 0 saturated carbocycles. The van der Waals surface area contributed by atoms with Gasteiger partial charge in [0.2, 0.25) is 0 Å². The number of pyridine rings is 1. The fourth-order valence-corrected chi connectivity index (χ4v) is 1.31. The lowest BCUT2D eigenvalue weighted by Crippen LogP contribution is -1.90. The van der Waals surface area contributed by atoms with Gasteiger partial charge in [0.15, 0.2) is 0 Å². The maximum Gasteiger partial charge on any atom is 0.0992 e. The third-order valence-corrected chi connectivity index (χ3v) is 2.19. The summed E-state index contributed by atoms with van der Waals surface area (Å²) in [5.74, 6) is 5.89. The number of benzene rings is 1. The molecular formula is C14H9N3. The molecule has 17 heavy (non-hydrogen) atoms. The van der Waals surface area contributed by atoms with Crippen molar-refractivity contribution in [3.05, 3.63) is 59.4 Å².